The molecule has 6 atom stereocenters. The van der Waals surface area contributed by atoms with Gasteiger partial charge in [0.15, 0.2) is 6.29 Å². The molecule has 0 saturated carbocycles. The molecule has 0 spiro atoms. The standard InChI is InChI=1S/C53H98O9/c1-3-5-7-9-11-13-15-17-19-21-23-24-25-26-28-30-32-34-36-38-40-42-49(55)61-47(46-60-53-52(58)51(57)50(56)48(44-54)62-53)45-59-43-41-39-37-35-33-31-29-27-22-20-18-16-14-12-10-8-6-4-2/h12,14,18,20-21,23,47-48,50-54,56-58H,3-11,13,15-17,19,22,24-46H2,1-2H3/b14-12-,20-18-,23-21-. The molecule has 1 fully saturated rings. The molecule has 0 aliphatic carbocycles. The number of ether oxygens (including phenoxy) is 4. The molecule has 1 aliphatic heterocycles. The number of aliphatic hydroxyl groups is 4. The molecule has 0 aromatic carbocycles. The molecular weight excluding hydrogens is 781 g/mol. The van der Waals surface area contributed by atoms with Crippen molar-refractivity contribution in [1.29, 1.82) is 0 Å². The van der Waals surface area contributed by atoms with Crippen molar-refractivity contribution in [1.82, 2.24) is 0 Å². The van der Waals surface area contributed by atoms with E-state index in [0.717, 1.165) is 38.5 Å². The highest BCUT2D eigenvalue weighted by Crippen LogP contribution is 2.23. The van der Waals surface area contributed by atoms with Gasteiger partial charge in [-0.1, -0.05) is 192 Å². The third kappa shape index (κ3) is 34.8. The van der Waals surface area contributed by atoms with Crippen LogP contribution in [0.4, 0.5) is 0 Å². The topological polar surface area (TPSA) is 135 Å². The number of aliphatic hydroxyl groups excluding tert-OH is 4. The Labute approximate surface area is 380 Å². The summed E-state index contributed by atoms with van der Waals surface area (Å²) in [7, 11) is 0. The Morgan fingerprint density at radius 3 is 1.44 bits per heavy atom. The van der Waals surface area contributed by atoms with Gasteiger partial charge < -0.3 is 39.4 Å². The van der Waals surface area contributed by atoms with Crippen LogP contribution in [0.2, 0.25) is 0 Å². The molecule has 9 heteroatoms. The van der Waals surface area contributed by atoms with E-state index in [2.05, 4.69) is 50.3 Å². The molecule has 1 aliphatic rings. The van der Waals surface area contributed by atoms with E-state index in [1.807, 2.05) is 0 Å². The van der Waals surface area contributed by atoms with Crippen LogP contribution < -0.4 is 0 Å². The molecule has 62 heavy (non-hydrogen) atoms. The fraction of sp³-hybridized carbons (Fsp3) is 0.868. The van der Waals surface area contributed by atoms with Gasteiger partial charge in [-0.05, 0) is 70.6 Å². The zero-order valence-corrected chi connectivity index (χ0v) is 40.1. The molecule has 1 saturated heterocycles. The largest absolute Gasteiger partial charge is 0.457 e. The predicted octanol–water partition coefficient (Wildman–Crippen LogP) is 12.7. The average molecular weight is 879 g/mol. The number of rotatable bonds is 45. The van der Waals surface area contributed by atoms with E-state index in [9.17, 15) is 25.2 Å². The fourth-order valence-corrected chi connectivity index (χ4v) is 7.93. The lowest BCUT2D eigenvalue weighted by Gasteiger charge is -2.39. The molecule has 0 aromatic rings. The van der Waals surface area contributed by atoms with Gasteiger partial charge in [-0.15, -0.1) is 0 Å². The second-order valence-corrected chi connectivity index (χ2v) is 18.0. The Hall–Kier alpha value is -1.59. The summed E-state index contributed by atoms with van der Waals surface area (Å²) >= 11 is 0. The summed E-state index contributed by atoms with van der Waals surface area (Å²) in [5, 5.41) is 40.2. The van der Waals surface area contributed by atoms with Crippen molar-refractivity contribution in [2.75, 3.05) is 26.4 Å². The molecule has 1 rings (SSSR count). The third-order valence-corrected chi connectivity index (χ3v) is 12.0. The van der Waals surface area contributed by atoms with Gasteiger partial charge in [0.1, 0.15) is 30.5 Å². The van der Waals surface area contributed by atoms with E-state index >= 15 is 0 Å². The Balaban J connectivity index is 2.20. The molecule has 0 aromatic heterocycles. The zero-order valence-electron chi connectivity index (χ0n) is 40.1. The van der Waals surface area contributed by atoms with Crippen LogP contribution in [0.5, 0.6) is 0 Å². The second-order valence-electron chi connectivity index (χ2n) is 18.0. The number of unbranched alkanes of at least 4 members (excludes halogenated alkanes) is 28. The summed E-state index contributed by atoms with van der Waals surface area (Å²) in [4.78, 5) is 12.8. The molecule has 0 radical (unpaired) electrons. The summed E-state index contributed by atoms with van der Waals surface area (Å²) in [6.45, 7) is 4.55. The van der Waals surface area contributed by atoms with Crippen molar-refractivity contribution in [3.05, 3.63) is 36.5 Å². The Morgan fingerprint density at radius 1 is 0.516 bits per heavy atom. The molecule has 1 heterocycles. The first-order chi connectivity index (χ1) is 30.4. The lowest BCUT2D eigenvalue weighted by atomic mass is 9.99. The van der Waals surface area contributed by atoms with Gasteiger partial charge in [-0.2, -0.15) is 0 Å². The van der Waals surface area contributed by atoms with Gasteiger partial charge in [0.05, 0.1) is 19.8 Å². The maximum atomic E-state index is 12.8. The van der Waals surface area contributed by atoms with E-state index in [4.69, 9.17) is 18.9 Å². The lowest BCUT2D eigenvalue weighted by Crippen LogP contribution is -2.59. The van der Waals surface area contributed by atoms with Crippen molar-refractivity contribution < 1.29 is 44.2 Å². The zero-order chi connectivity index (χ0) is 45.0. The summed E-state index contributed by atoms with van der Waals surface area (Å²) in [5.74, 6) is -0.316. The van der Waals surface area contributed by atoms with E-state index < -0.39 is 43.4 Å². The summed E-state index contributed by atoms with van der Waals surface area (Å²) < 4.78 is 22.9. The average Bonchev–Trinajstić information content (AvgIpc) is 3.27. The maximum Gasteiger partial charge on any atom is 0.306 e. The van der Waals surface area contributed by atoms with Gasteiger partial charge >= 0.3 is 5.97 Å². The molecule has 0 amide bonds. The Bertz CT molecular complexity index is 1050. The second kappa shape index (κ2) is 44.6. The molecule has 6 unspecified atom stereocenters. The van der Waals surface area contributed by atoms with Gasteiger partial charge in [0.25, 0.3) is 0 Å². The van der Waals surface area contributed by atoms with Gasteiger partial charge in [0, 0.05) is 13.0 Å². The highest BCUT2D eigenvalue weighted by Gasteiger charge is 2.44. The summed E-state index contributed by atoms with van der Waals surface area (Å²) in [6, 6.07) is 0. The molecule has 0 bridgehead atoms. The third-order valence-electron chi connectivity index (χ3n) is 12.0. The van der Waals surface area contributed by atoms with Crippen LogP contribution in [0.1, 0.15) is 232 Å². The van der Waals surface area contributed by atoms with Gasteiger partial charge in [0.2, 0.25) is 0 Å². The van der Waals surface area contributed by atoms with E-state index in [1.54, 1.807) is 0 Å². The van der Waals surface area contributed by atoms with Crippen LogP contribution in [0, 0.1) is 0 Å². The van der Waals surface area contributed by atoms with Crippen LogP contribution in [0.25, 0.3) is 0 Å². The van der Waals surface area contributed by atoms with Gasteiger partial charge in [-0.25, -0.2) is 0 Å². The van der Waals surface area contributed by atoms with Crippen molar-refractivity contribution >= 4 is 5.97 Å². The van der Waals surface area contributed by atoms with Crippen LogP contribution in [0.15, 0.2) is 36.5 Å². The normalized spacial score (nSPS) is 20.0. The highest BCUT2D eigenvalue weighted by atomic mass is 16.7. The number of esters is 1. The molecule has 4 N–H and O–H groups in total. The minimum absolute atomic E-state index is 0.115. The number of allylic oxidation sites excluding steroid dienone is 6. The van der Waals surface area contributed by atoms with Crippen LogP contribution in [-0.4, -0.2) is 89.6 Å². The first kappa shape index (κ1) is 58.4. The van der Waals surface area contributed by atoms with Crippen LogP contribution in [-0.2, 0) is 23.7 Å². The Morgan fingerprint density at radius 2 is 0.935 bits per heavy atom. The smallest absolute Gasteiger partial charge is 0.306 e. The SMILES string of the molecule is CCCCC/C=C\C/C=C\CCCCCCCCCCOCC(COC1OC(CO)C(O)C(O)C1O)OC(=O)CCCCCCCCCCC/C=C\CCCCCCCCCC. The van der Waals surface area contributed by atoms with E-state index in [0.29, 0.717) is 13.0 Å². The monoisotopic (exact) mass is 879 g/mol. The molecule has 364 valence electrons. The maximum absolute atomic E-state index is 12.8. The van der Waals surface area contributed by atoms with Crippen molar-refractivity contribution in [2.24, 2.45) is 0 Å². The Kier molecular flexibility index (Phi) is 42.0. The fourth-order valence-electron chi connectivity index (χ4n) is 7.93. The highest BCUT2D eigenvalue weighted by molar-refractivity contribution is 5.69. The number of hydrogen-bond donors (Lipinski definition) is 4. The quantitative estimate of drug-likeness (QED) is 0.0268. The van der Waals surface area contributed by atoms with Crippen LogP contribution >= 0.6 is 0 Å². The van der Waals surface area contributed by atoms with Crippen molar-refractivity contribution in [2.45, 2.75) is 269 Å². The lowest BCUT2D eigenvalue weighted by molar-refractivity contribution is -0.305. The summed E-state index contributed by atoms with van der Waals surface area (Å²) in [6.07, 6.45) is 47.4. The first-order valence-electron chi connectivity index (χ1n) is 26.1. The number of carbonyl (C=O) groups excluding carboxylic acids is 1. The minimum Gasteiger partial charge on any atom is -0.457 e. The molecular formula is C53H98O9. The first-order valence-corrected chi connectivity index (χ1v) is 26.1. The minimum atomic E-state index is -1.54. The van der Waals surface area contributed by atoms with Gasteiger partial charge in [-0.3, -0.25) is 4.79 Å². The van der Waals surface area contributed by atoms with E-state index in [1.165, 1.54) is 173 Å². The van der Waals surface area contributed by atoms with Crippen molar-refractivity contribution in [3.8, 4) is 0 Å². The number of carbonyl (C=O) groups is 1. The summed E-state index contributed by atoms with van der Waals surface area (Å²) in [5.41, 5.74) is 0. The van der Waals surface area contributed by atoms with Crippen molar-refractivity contribution in [3.63, 3.8) is 0 Å². The number of hydrogen-bond acceptors (Lipinski definition) is 9. The predicted molar refractivity (Wildman–Crippen MR) is 256 cm³/mol. The van der Waals surface area contributed by atoms with Crippen LogP contribution in [0.3, 0.4) is 0 Å². The molecule has 9 nitrogen and oxygen atoms in total. The van der Waals surface area contributed by atoms with E-state index in [-0.39, 0.29) is 19.2 Å².